The van der Waals surface area contributed by atoms with Crippen molar-refractivity contribution in [2.45, 2.75) is 70.3 Å². The van der Waals surface area contributed by atoms with Gasteiger partial charge in [-0.05, 0) is 65.8 Å². The van der Waals surface area contributed by atoms with E-state index in [-0.39, 0.29) is 12.0 Å². The van der Waals surface area contributed by atoms with Gasteiger partial charge < -0.3 is 4.74 Å². The highest BCUT2D eigenvalue weighted by molar-refractivity contribution is 5.77. The van der Waals surface area contributed by atoms with E-state index >= 15 is 22.0 Å². The predicted octanol–water partition coefficient (Wildman–Crippen LogP) is 9.64. The zero-order chi connectivity index (χ0) is 27.9. The van der Waals surface area contributed by atoms with Crippen molar-refractivity contribution in [3.05, 3.63) is 88.0 Å². The van der Waals surface area contributed by atoms with Gasteiger partial charge in [-0.25, -0.2) is 8.78 Å². The Kier molecular flexibility index (Phi) is 7.51. The van der Waals surface area contributed by atoms with E-state index in [0.29, 0.717) is 18.9 Å². The molecular formula is C29H26F8O. The molecule has 3 aromatic rings. The maximum Gasteiger partial charge on any atom is 0.426 e. The first-order valence-corrected chi connectivity index (χ1v) is 12.4. The minimum Gasteiger partial charge on any atom is -0.426 e. The fourth-order valence-electron chi connectivity index (χ4n) is 4.74. The van der Waals surface area contributed by atoms with Gasteiger partial charge in [0, 0.05) is 0 Å². The van der Waals surface area contributed by atoms with Crippen LogP contribution in [0.1, 0.15) is 67.3 Å². The summed E-state index contributed by atoms with van der Waals surface area (Å²) in [4.78, 5) is 0. The smallest absolute Gasteiger partial charge is 0.426 e. The number of benzene rings is 3. The van der Waals surface area contributed by atoms with Crippen molar-refractivity contribution in [3.63, 3.8) is 0 Å². The van der Waals surface area contributed by atoms with Gasteiger partial charge in [0.1, 0.15) is 5.82 Å². The molecule has 0 atom stereocenters. The molecule has 38 heavy (non-hydrogen) atoms. The standard InChI is InChI=1S/C29H26F8O/c1-3-5-6-8-17-9-12-19(13-10-17)29(36,37)38-22-16-15-21-20-14-11-18(7-4-2)25(30)23(20)27(32,33)28(34,35)24(21)26(22)31/h9-16H,3-8H2,1-2H3. The van der Waals surface area contributed by atoms with Gasteiger partial charge in [-0.15, -0.1) is 0 Å². The number of hydrogen-bond acceptors (Lipinski definition) is 1. The summed E-state index contributed by atoms with van der Waals surface area (Å²) >= 11 is 0. The second-order valence-corrected chi connectivity index (χ2v) is 9.43. The van der Waals surface area contributed by atoms with E-state index in [9.17, 15) is 13.2 Å². The van der Waals surface area contributed by atoms with Gasteiger partial charge in [-0.1, -0.05) is 57.4 Å². The quantitative estimate of drug-likeness (QED) is 0.193. The molecule has 0 spiro atoms. The number of unbranched alkanes of at least 4 members (excludes halogenated alkanes) is 2. The first-order chi connectivity index (χ1) is 17.9. The molecule has 0 amide bonds. The number of ether oxygens (including phenoxy) is 1. The highest BCUT2D eigenvalue weighted by Gasteiger charge is 2.65. The van der Waals surface area contributed by atoms with Crippen LogP contribution in [0.3, 0.4) is 0 Å². The Labute approximate surface area is 215 Å². The number of rotatable bonds is 9. The van der Waals surface area contributed by atoms with Crippen LogP contribution in [0.2, 0.25) is 0 Å². The molecule has 0 heterocycles. The second-order valence-electron chi connectivity index (χ2n) is 9.43. The first kappa shape index (κ1) is 27.9. The maximum atomic E-state index is 15.3. The Bertz CT molecular complexity index is 1320. The molecule has 0 fully saturated rings. The van der Waals surface area contributed by atoms with Gasteiger partial charge in [-0.2, -0.15) is 26.3 Å². The highest BCUT2D eigenvalue weighted by atomic mass is 19.3. The van der Waals surface area contributed by atoms with Crippen molar-refractivity contribution in [2.75, 3.05) is 0 Å². The summed E-state index contributed by atoms with van der Waals surface area (Å²) in [5.74, 6) is -15.3. The molecule has 9 heteroatoms. The second kappa shape index (κ2) is 10.2. The third kappa shape index (κ3) is 4.64. The van der Waals surface area contributed by atoms with Crippen LogP contribution in [-0.4, -0.2) is 0 Å². The van der Waals surface area contributed by atoms with E-state index in [1.807, 2.05) is 6.92 Å². The molecule has 0 saturated heterocycles. The van der Waals surface area contributed by atoms with Crippen LogP contribution in [-0.2, 0) is 30.8 Å². The molecule has 0 N–H and O–H groups in total. The van der Waals surface area contributed by atoms with Gasteiger partial charge in [0.05, 0.1) is 16.7 Å². The minimum absolute atomic E-state index is 0.0313. The van der Waals surface area contributed by atoms with E-state index in [0.717, 1.165) is 49.1 Å². The summed E-state index contributed by atoms with van der Waals surface area (Å²) in [6.45, 7) is 3.69. The van der Waals surface area contributed by atoms with E-state index in [4.69, 9.17) is 0 Å². The van der Waals surface area contributed by atoms with Crippen LogP contribution in [0.15, 0.2) is 48.5 Å². The lowest BCUT2D eigenvalue weighted by atomic mass is 9.79. The minimum atomic E-state index is -5.24. The Morgan fingerprint density at radius 1 is 0.684 bits per heavy atom. The van der Waals surface area contributed by atoms with E-state index < -0.39 is 63.2 Å². The zero-order valence-corrected chi connectivity index (χ0v) is 20.8. The van der Waals surface area contributed by atoms with Crippen molar-refractivity contribution in [1.82, 2.24) is 0 Å². The number of aryl methyl sites for hydroxylation is 2. The largest absolute Gasteiger partial charge is 0.426 e. The zero-order valence-electron chi connectivity index (χ0n) is 20.8. The van der Waals surface area contributed by atoms with E-state index in [2.05, 4.69) is 4.74 Å². The van der Waals surface area contributed by atoms with Crippen molar-refractivity contribution >= 4 is 0 Å². The van der Waals surface area contributed by atoms with Crippen LogP contribution in [0.4, 0.5) is 35.1 Å². The predicted molar refractivity (Wildman–Crippen MR) is 128 cm³/mol. The Hall–Kier alpha value is -3.10. The molecule has 0 saturated carbocycles. The molecule has 1 aliphatic rings. The molecule has 0 aromatic heterocycles. The monoisotopic (exact) mass is 542 g/mol. The molecular weight excluding hydrogens is 516 g/mol. The van der Waals surface area contributed by atoms with Crippen molar-refractivity contribution in [2.24, 2.45) is 0 Å². The summed E-state index contributed by atoms with van der Waals surface area (Å²) in [7, 11) is 0. The number of halogens is 8. The van der Waals surface area contributed by atoms with Gasteiger partial charge in [-0.3, -0.25) is 0 Å². The number of alkyl halides is 6. The van der Waals surface area contributed by atoms with Crippen LogP contribution >= 0.6 is 0 Å². The number of hydrogen-bond donors (Lipinski definition) is 0. The van der Waals surface area contributed by atoms with Crippen LogP contribution in [0.5, 0.6) is 5.75 Å². The Balaban J connectivity index is 1.74. The molecule has 3 aromatic carbocycles. The summed E-state index contributed by atoms with van der Waals surface area (Å²) in [5, 5.41) is 0. The van der Waals surface area contributed by atoms with Crippen molar-refractivity contribution in [1.29, 1.82) is 0 Å². The van der Waals surface area contributed by atoms with E-state index in [1.54, 1.807) is 6.92 Å². The van der Waals surface area contributed by atoms with Crippen LogP contribution in [0, 0.1) is 11.6 Å². The molecule has 0 radical (unpaired) electrons. The SMILES string of the molecule is CCCCCc1ccc(C(F)(F)Oc2ccc3c(c2F)C(F)(F)C(F)(F)c2c-3ccc(CCC)c2F)cc1. The third-order valence-electron chi connectivity index (χ3n) is 6.76. The third-order valence-corrected chi connectivity index (χ3v) is 6.76. The first-order valence-electron chi connectivity index (χ1n) is 12.4. The van der Waals surface area contributed by atoms with Gasteiger partial charge in [0.15, 0.2) is 11.6 Å². The average Bonchev–Trinajstić information content (AvgIpc) is 2.85. The fourth-order valence-corrected chi connectivity index (χ4v) is 4.74. The fraction of sp³-hybridized carbons (Fsp3) is 0.379. The molecule has 0 bridgehead atoms. The Morgan fingerprint density at radius 3 is 1.84 bits per heavy atom. The van der Waals surface area contributed by atoms with Crippen molar-refractivity contribution in [3.8, 4) is 16.9 Å². The molecule has 204 valence electrons. The summed E-state index contributed by atoms with van der Waals surface area (Å²) in [5.41, 5.74) is -4.77. The molecule has 1 aliphatic carbocycles. The number of fused-ring (bicyclic) bond motifs is 3. The van der Waals surface area contributed by atoms with Gasteiger partial charge in [0.25, 0.3) is 0 Å². The molecule has 0 aliphatic heterocycles. The lowest BCUT2D eigenvalue weighted by molar-refractivity contribution is -0.228. The Morgan fingerprint density at radius 2 is 1.26 bits per heavy atom. The maximum absolute atomic E-state index is 15.3. The molecule has 1 nitrogen and oxygen atoms in total. The van der Waals surface area contributed by atoms with Crippen LogP contribution < -0.4 is 4.74 Å². The summed E-state index contributed by atoms with van der Waals surface area (Å²) < 4.78 is 125. The lowest BCUT2D eigenvalue weighted by Crippen LogP contribution is -2.41. The van der Waals surface area contributed by atoms with E-state index in [1.165, 1.54) is 18.2 Å². The summed E-state index contributed by atoms with van der Waals surface area (Å²) in [6.07, 6.45) is -0.243. The van der Waals surface area contributed by atoms with Crippen molar-refractivity contribution < 1.29 is 39.9 Å². The summed E-state index contributed by atoms with van der Waals surface area (Å²) in [6, 6.07) is 8.67. The van der Waals surface area contributed by atoms with Gasteiger partial charge >= 0.3 is 18.0 Å². The highest BCUT2D eigenvalue weighted by Crippen LogP contribution is 2.60. The topological polar surface area (TPSA) is 9.23 Å². The average molecular weight is 543 g/mol. The lowest BCUT2D eigenvalue weighted by Gasteiger charge is -2.36. The normalized spacial score (nSPS) is 15.6. The molecule has 0 unspecified atom stereocenters. The van der Waals surface area contributed by atoms with Crippen LogP contribution in [0.25, 0.3) is 11.1 Å². The molecule has 4 rings (SSSR count). The van der Waals surface area contributed by atoms with Gasteiger partial charge in [0.2, 0.25) is 0 Å².